The largest absolute Gasteiger partial charge is 0.497 e. The highest BCUT2D eigenvalue weighted by Crippen LogP contribution is 2.31. The molecular weight excluding hydrogens is 402 g/mol. The van der Waals surface area contributed by atoms with E-state index in [1.165, 1.54) is 6.42 Å². The first-order chi connectivity index (χ1) is 15.5. The number of carbonyl (C=O) groups excluding carboxylic acids is 2. The lowest BCUT2D eigenvalue weighted by Gasteiger charge is -2.31. The molecular formula is C26H29N3O3. The Kier molecular flexibility index (Phi) is 6.30. The Morgan fingerprint density at radius 3 is 2.41 bits per heavy atom. The van der Waals surface area contributed by atoms with Gasteiger partial charge in [0.1, 0.15) is 5.75 Å². The van der Waals surface area contributed by atoms with Gasteiger partial charge in [0.15, 0.2) is 0 Å². The molecule has 0 spiro atoms. The summed E-state index contributed by atoms with van der Waals surface area (Å²) in [6.45, 7) is 3.75. The third-order valence-corrected chi connectivity index (χ3v) is 6.20. The minimum atomic E-state index is -0.510. The molecule has 32 heavy (non-hydrogen) atoms. The van der Waals surface area contributed by atoms with E-state index >= 15 is 0 Å². The fourth-order valence-corrected chi connectivity index (χ4v) is 4.23. The smallest absolute Gasteiger partial charge is 0.248 e. The highest BCUT2D eigenvalue weighted by Gasteiger charge is 2.21. The van der Waals surface area contributed by atoms with E-state index in [9.17, 15) is 9.59 Å². The normalized spacial score (nSPS) is 14.8. The summed E-state index contributed by atoms with van der Waals surface area (Å²) < 4.78 is 5.29. The van der Waals surface area contributed by atoms with Crippen molar-refractivity contribution < 1.29 is 14.3 Å². The Bertz CT molecular complexity index is 1150. The van der Waals surface area contributed by atoms with Crippen LogP contribution in [0.3, 0.4) is 0 Å². The Hall–Kier alpha value is -3.54. The number of fused-ring (bicyclic) bond motifs is 1. The number of nitrogens with one attached hydrogen (secondary N) is 1. The fraction of sp³-hybridized carbons (Fsp3) is 0.308. The number of rotatable bonds is 6. The number of anilines is 2. The van der Waals surface area contributed by atoms with E-state index in [1.54, 1.807) is 19.2 Å². The number of amides is 2. The lowest BCUT2D eigenvalue weighted by atomic mass is 9.96. The minimum absolute atomic E-state index is 0.127. The van der Waals surface area contributed by atoms with Crippen molar-refractivity contribution in [3.8, 4) is 5.75 Å². The minimum Gasteiger partial charge on any atom is -0.497 e. The molecule has 2 amide bonds. The Morgan fingerprint density at radius 1 is 0.969 bits per heavy atom. The summed E-state index contributed by atoms with van der Waals surface area (Å²) in [5.41, 5.74) is 8.36. The van der Waals surface area contributed by atoms with Crippen LogP contribution in [0.5, 0.6) is 5.75 Å². The van der Waals surface area contributed by atoms with E-state index in [1.807, 2.05) is 49.4 Å². The summed E-state index contributed by atoms with van der Waals surface area (Å²) in [6, 6.07) is 17.2. The van der Waals surface area contributed by atoms with Crippen LogP contribution in [0.1, 0.15) is 48.0 Å². The van der Waals surface area contributed by atoms with Crippen LogP contribution in [0, 0.1) is 0 Å². The maximum absolute atomic E-state index is 13.2. The summed E-state index contributed by atoms with van der Waals surface area (Å²) in [5, 5.41) is 5.17. The highest BCUT2D eigenvalue weighted by molar-refractivity contribution is 6.01. The Morgan fingerprint density at radius 2 is 1.69 bits per heavy atom. The number of primary amides is 1. The van der Waals surface area contributed by atoms with Crippen molar-refractivity contribution in [1.82, 2.24) is 0 Å². The SMILES string of the molecule is COc1ccc2cc([C@H](C)C(=O)Nc3cc(C(N)=O)ccc3N3CCCCC3)ccc2c1. The van der Waals surface area contributed by atoms with Crippen molar-refractivity contribution in [2.45, 2.75) is 32.1 Å². The van der Waals surface area contributed by atoms with Gasteiger partial charge in [-0.05, 0) is 72.9 Å². The fourth-order valence-electron chi connectivity index (χ4n) is 4.23. The number of hydrogen-bond donors (Lipinski definition) is 2. The topological polar surface area (TPSA) is 84.7 Å². The molecule has 0 aromatic heterocycles. The number of hydrogen-bond acceptors (Lipinski definition) is 4. The van der Waals surface area contributed by atoms with Crippen molar-refractivity contribution in [2.24, 2.45) is 5.73 Å². The van der Waals surface area contributed by atoms with Crippen LogP contribution >= 0.6 is 0 Å². The molecule has 1 saturated heterocycles. The summed E-state index contributed by atoms with van der Waals surface area (Å²) in [7, 11) is 1.65. The van der Waals surface area contributed by atoms with Gasteiger partial charge in [-0.2, -0.15) is 0 Å². The van der Waals surface area contributed by atoms with Crippen LogP contribution in [0.2, 0.25) is 0 Å². The van der Waals surface area contributed by atoms with Gasteiger partial charge in [0, 0.05) is 18.7 Å². The average molecular weight is 432 g/mol. The monoisotopic (exact) mass is 431 g/mol. The van der Waals surface area contributed by atoms with E-state index in [2.05, 4.69) is 10.2 Å². The van der Waals surface area contributed by atoms with Gasteiger partial charge in [-0.1, -0.05) is 24.3 Å². The van der Waals surface area contributed by atoms with Crippen LogP contribution in [-0.4, -0.2) is 32.0 Å². The lowest BCUT2D eigenvalue weighted by molar-refractivity contribution is -0.117. The molecule has 4 rings (SSSR count). The van der Waals surface area contributed by atoms with Crippen LogP contribution in [0.4, 0.5) is 11.4 Å². The second-order valence-corrected chi connectivity index (χ2v) is 8.33. The first-order valence-electron chi connectivity index (χ1n) is 11.0. The Labute approximate surface area is 188 Å². The highest BCUT2D eigenvalue weighted by atomic mass is 16.5. The van der Waals surface area contributed by atoms with Gasteiger partial charge < -0.3 is 20.7 Å². The standard InChI is InChI=1S/C26H29N3O3/c1-17(18-6-7-20-15-22(32-2)10-8-19(20)14-18)26(31)28-23-16-21(25(27)30)9-11-24(23)29-12-4-3-5-13-29/h6-11,14-17H,3-5,12-13H2,1-2H3,(H2,27,30)(H,28,31)/t17-/m0/s1. The van der Waals surface area contributed by atoms with Crippen molar-refractivity contribution in [2.75, 3.05) is 30.4 Å². The number of piperidine rings is 1. The molecule has 166 valence electrons. The van der Waals surface area contributed by atoms with Crippen LogP contribution in [-0.2, 0) is 4.79 Å². The van der Waals surface area contributed by atoms with Gasteiger partial charge in [0.05, 0.1) is 24.4 Å². The van der Waals surface area contributed by atoms with E-state index in [4.69, 9.17) is 10.5 Å². The number of carbonyl (C=O) groups is 2. The molecule has 6 heteroatoms. The zero-order valence-corrected chi connectivity index (χ0v) is 18.6. The molecule has 1 aliphatic rings. The zero-order valence-electron chi connectivity index (χ0n) is 18.6. The molecule has 1 heterocycles. The molecule has 0 saturated carbocycles. The Balaban J connectivity index is 1.60. The van der Waals surface area contributed by atoms with Gasteiger partial charge >= 0.3 is 0 Å². The molecule has 0 bridgehead atoms. The molecule has 3 aromatic carbocycles. The first-order valence-corrected chi connectivity index (χ1v) is 11.0. The number of nitrogens with zero attached hydrogens (tertiary/aromatic N) is 1. The maximum Gasteiger partial charge on any atom is 0.248 e. The summed E-state index contributed by atoms with van der Waals surface area (Å²) in [5.74, 6) is -0.204. The summed E-state index contributed by atoms with van der Waals surface area (Å²) in [4.78, 5) is 27.2. The third-order valence-electron chi connectivity index (χ3n) is 6.20. The lowest BCUT2D eigenvalue weighted by Crippen LogP contribution is -2.31. The van der Waals surface area contributed by atoms with E-state index < -0.39 is 5.91 Å². The van der Waals surface area contributed by atoms with Crippen LogP contribution in [0.25, 0.3) is 10.8 Å². The second-order valence-electron chi connectivity index (χ2n) is 8.33. The van der Waals surface area contributed by atoms with E-state index in [-0.39, 0.29) is 11.8 Å². The molecule has 3 N–H and O–H groups in total. The van der Waals surface area contributed by atoms with E-state index in [0.29, 0.717) is 11.3 Å². The molecule has 0 radical (unpaired) electrons. The van der Waals surface area contributed by atoms with Crippen molar-refractivity contribution >= 4 is 34.0 Å². The zero-order chi connectivity index (χ0) is 22.7. The van der Waals surface area contributed by atoms with Gasteiger partial charge in [-0.3, -0.25) is 9.59 Å². The van der Waals surface area contributed by atoms with Gasteiger partial charge in [0.25, 0.3) is 0 Å². The van der Waals surface area contributed by atoms with Crippen LogP contribution in [0.15, 0.2) is 54.6 Å². The summed E-state index contributed by atoms with van der Waals surface area (Å²) >= 11 is 0. The predicted octanol–water partition coefficient (Wildman–Crippen LogP) is 4.68. The van der Waals surface area contributed by atoms with Crippen LogP contribution < -0.4 is 20.7 Å². The molecule has 0 unspecified atom stereocenters. The predicted molar refractivity (Wildman–Crippen MR) is 129 cm³/mol. The van der Waals surface area contributed by atoms with Crippen molar-refractivity contribution in [3.05, 3.63) is 65.7 Å². The molecule has 3 aromatic rings. The van der Waals surface area contributed by atoms with Crippen molar-refractivity contribution in [3.63, 3.8) is 0 Å². The molecule has 6 nitrogen and oxygen atoms in total. The van der Waals surface area contributed by atoms with Gasteiger partial charge in [0.2, 0.25) is 11.8 Å². The van der Waals surface area contributed by atoms with Gasteiger partial charge in [-0.15, -0.1) is 0 Å². The summed E-state index contributed by atoms with van der Waals surface area (Å²) in [6.07, 6.45) is 3.44. The average Bonchev–Trinajstić information content (AvgIpc) is 2.83. The number of nitrogens with two attached hydrogens (primary N) is 1. The molecule has 1 aliphatic heterocycles. The van der Waals surface area contributed by atoms with E-state index in [0.717, 1.165) is 53.7 Å². The first kappa shape index (κ1) is 21.7. The molecule has 1 fully saturated rings. The third kappa shape index (κ3) is 4.54. The molecule has 0 aliphatic carbocycles. The maximum atomic E-state index is 13.2. The molecule has 1 atom stereocenters. The van der Waals surface area contributed by atoms with Crippen molar-refractivity contribution in [1.29, 1.82) is 0 Å². The van der Waals surface area contributed by atoms with Gasteiger partial charge in [-0.25, -0.2) is 0 Å². The number of benzene rings is 3. The number of methoxy groups -OCH3 is 1. The number of ether oxygens (including phenoxy) is 1. The quantitative estimate of drug-likeness (QED) is 0.593. The second kappa shape index (κ2) is 9.30.